The number of hydrogen-bond acceptors (Lipinski definition) is 4. The number of halogens is 1. The van der Waals surface area contributed by atoms with Gasteiger partial charge in [-0.3, -0.25) is 9.89 Å². The topological polar surface area (TPSA) is 39.7 Å². The minimum absolute atomic E-state index is 0. The zero-order valence-corrected chi connectivity index (χ0v) is 18.9. The summed E-state index contributed by atoms with van der Waals surface area (Å²) in [6.07, 6.45) is 4.74. The van der Waals surface area contributed by atoms with Crippen LogP contribution in [0.5, 0.6) is 0 Å². The number of hydrogen-bond donors (Lipinski definition) is 2. The van der Waals surface area contributed by atoms with E-state index >= 15 is 0 Å². The first-order valence-corrected chi connectivity index (χ1v) is 10.7. The third kappa shape index (κ3) is 7.09. The van der Waals surface area contributed by atoms with E-state index in [1.54, 1.807) is 0 Å². The number of thiophene rings is 1. The molecule has 4 nitrogen and oxygen atoms in total. The zero-order valence-electron chi connectivity index (χ0n) is 15.0. The number of guanidine groups is 1. The van der Waals surface area contributed by atoms with Crippen LogP contribution in [0.25, 0.3) is 0 Å². The molecule has 1 aliphatic rings. The fourth-order valence-electron chi connectivity index (χ4n) is 2.92. The number of thioether (sulfide) groups is 1. The lowest BCUT2D eigenvalue weighted by Gasteiger charge is -2.36. The van der Waals surface area contributed by atoms with Crippen molar-refractivity contribution in [3.05, 3.63) is 22.4 Å². The number of aliphatic imine (C=N–C) groups is 1. The highest BCUT2D eigenvalue weighted by Crippen LogP contribution is 2.28. The van der Waals surface area contributed by atoms with Crippen molar-refractivity contribution in [2.24, 2.45) is 10.9 Å². The number of rotatable bonds is 7. The van der Waals surface area contributed by atoms with Gasteiger partial charge in [-0.05, 0) is 49.6 Å². The van der Waals surface area contributed by atoms with E-state index < -0.39 is 0 Å². The van der Waals surface area contributed by atoms with Crippen molar-refractivity contribution in [2.45, 2.75) is 25.8 Å². The van der Waals surface area contributed by atoms with Gasteiger partial charge in [0.05, 0.1) is 6.04 Å². The fraction of sp³-hybridized carbons (Fsp3) is 0.706. The summed E-state index contributed by atoms with van der Waals surface area (Å²) in [5.74, 6) is 2.87. The molecular formula is C17H31IN4S2. The summed E-state index contributed by atoms with van der Waals surface area (Å²) >= 11 is 3.71. The lowest BCUT2D eigenvalue weighted by atomic mass is 9.97. The molecule has 24 heavy (non-hydrogen) atoms. The number of piperidine rings is 1. The van der Waals surface area contributed by atoms with Gasteiger partial charge in [0.1, 0.15) is 0 Å². The van der Waals surface area contributed by atoms with Gasteiger partial charge in [-0.1, -0.05) is 13.0 Å². The van der Waals surface area contributed by atoms with Crippen molar-refractivity contribution in [1.29, 1.82) is 0 Å². The van der Waals surface area contributed by atoms with E-state index in [2.05, 4.69) is 51.2 Å². The summed E-state index contributed by atoms with van der Waals surface area (Å²) in [6.45, 7) is 6.63. The van der Waals surface area contributed by atoms with Crippen LogP contribution in [0.15, 0.2) is 22.5 Å². The van der Waals surface area contributed by atoms with Gasteiger partial charge in [-0.25, -0.2) is 0 Å². The molecule has 1 saturated heterocycles. The molecule has 1 aliphatic heterocycles. The van der Waals surface area contributed by atoms with E-state index in [4.69, 9.17) is 0 Å². The van der Waals surface area contributed by atoms with Gasteiger partial charge in [0.25, 0.3) is 0 Å². The molecule has 0 aromatic carbocycles. The highest BCUT2D eigenvalue weighted by Gasteiger charge is 2.25. The molecule has 0 bridgehead atoms. The molecule has 1 fully saturated rings. The quantitative estimate of drug-likeness (QED) is 0.269. The molecule has 1 aromatic heterocycles. The monoisotopic (exact) mass is 482 g/mol. The van der Waals surface area contributed by atoms with Crippen LogP contribution in [0.3, 0.4) is 0 Å². The van der Waals surface area contributed by atoms with Gasteiger partial charge in [0.15, 0.2) is 5.96 Å². The van der Waals surface area contributed by atoms with Crippen molar-refractivity contribution in [1.82, 2.24) is 15.5 Å². The maximum absolute atomic E-state index is 4.34. The Balaban J connectivity index is 0.00000288. The Labute approximate surface area is 172 Å². The lowest BCUT2D eigenvalue weighted by molar-refractivity contribution is 0.140. The van der Waals surface area contributed by atoms with E-state index in [0.29, 0.717) is 6.04 Å². The Kier molecular flexibility index (Phi) is 11.4. The highest BCUT2D eigenvalue weighted by molar-refractivity contribution is 14.0. The molecule has 0 saturated carbocycles. The van der Waals surface area contributed by atoms with Gasteiger partial charge < -0.3 is 10.6 Å². The second-order valence-corrected chi connectivity index (χ2v) is 8.09. The lowest BCUT2D eigenvalue weighted by Crippen LogP contribution is -2.45. The van der Waals surface area contributed by atoms with E-state index in [1.165, 1.54) is 30.8 Å². The van der Waals surface area contributed by atoms with Crippen molar-refractivity contribution in [3.8, 4) is 0 Å². The minimum Gasteiger partial charge on any atom is -0.356 e. The second-order valence-electron chi connectivity index (χ2n) is 6.12. The van der Waals surface area contributed by atoms with Crippen LogP contribution in [0.4, 0.5) is 0 Å². The van der Waals surface area contributed by atoms with Crippen LogP contribution >= 0.6 is 47.1 Å². The van der Waals surface area contributed by atoms with Gasteiger partial charge in [-0.2, -0.15) is 11.8 Å². The molecule has 0 aliphatic carbocycles. The SMILES string of the molecule is CN=C(NCCSC)NCC(c1cccs1)N1CCC(C)CC1.I. The van der Waals surface area contributed by atoms with Gasteiger partial charge in [-0.15, -0.1) is 35.3 Å². The smallest absolute Gasteiger partial charge is 0.191 e. The Morgan fingerprint density at radius 2 is 2.17 bits per heavy atom. The Morgan fingerprint density at radius 1 is 1.42 bits per heavy atom. The number of nitrogens with zero attached hydrogens (tertiary/aromatic N) is 2. The largest absolute Gasteiger partial charge is 0.356 e. The Bertz CT molecular complexity index is 459. The average Bonchev–Trinajstić information content (AvgIpc) is 3.09. The summed E-state index contributed by atoms with van der Waals surface area (Å²) < 4.78 is 0. The number of nitrogens with one attached hydrogen (secondary N) is 2. The maximum atomic E-state index is 4.34. The summed E-state index contributed by atoms with van der Waals surface area (Å²) in [6, 6.07) is 4.87. The van der Waals surface area contributed by atoms with E-state index in [0.717, 1.165) is 30.7 Å². The predicted octanol–water partition coefficient (Wildman–Crippen LogP) is 3.67. The van der Waals surface area contributed by atoms with Crippen LogP contribution in [-0.2, 0) is 0 Å². The minimum atomic E-state index is 0. The van der Waals surface area contributed by atoms with Crippen molar-refractivity contribution in [2.75, 3.05) is 45.2 Å². The van der Waals surface area contributed by atoms with Crippen LogP contribution in [0.1, 0.15) is 30.7 Å². The average molecular weight is 483 g/mol. The molecule has 2 N–H and O–H groups in total. The van der Waals surface area contributed by atoms with Gasteiger partial charge in [0.2, 0.25) is 0 Å². The van der Waals surface area contributed by atoms with Gasteiger partial charge in [0, 0.05) is 30.8 Å². The Morgan fingerprint density at radius 3 is 2.75 bits per heavy atom. The molecule has 1 unspecified atom stereocenters. The van der Waals surface area contributed by atoms with Crippen LogP contribution in [-0.4, -0.2) is 56.1 Å². The zero-order chi connectivity index (χ0) is 16.5. The molecule has 7 heteroatoms. The number of likely N-dealkylation sites (tertiary alicyclic amines) is 1. The summed E-state index contributed by atoms with van der Waals surface area (Å²) in [7, 11) is 1.84. The van der Waals surface area contributed by atoms with Crippen LogP contribution < -0.4 is 10.6 Å². The molecule has 138 valence electrons. The van der Waals surface area contributed by atoms with E-state index in [1.807, 2.05) is 30.1 Å². The molecular weight excluding hydrogens is 451 g/mol. The highest BCUT2D eigenvalue weighted by atomic mass is 127. The molecule has 0 radical (unpaired) electrons. The molecule has 0 amide bonds. The Hall–Kier alpha value is 0.01000. The molecule has 1 atom stereocenters. The summed E-state index contributed by atoms with van der Waals surface area (Å²) in [4.78, 5) is 8.42. The molecule has 2 heterocycles. The first-order valence-electron chi connectivity index (χ1n) is 8.45. The first-order chi connectivity index (χ1) is 11.2. The van der Waals surface area contributed by atoms with Crippen LogP contribution in [0, 0.1) is 5.92 Å². The standard InChI is InChI=1S/C17H30N4S2.HI/c1-14-6-9-21(10-7-14)15(16-5-4-11-23-16)13-20-17(18-2)19-8-12-22-3;/h4-5,11,14-15H,6-10,12-13H2,1-3H3,(H2,18,19,20);1H. The second kappa shape index (κ2) is 12.4. The molecule has 1 aromatic rings. The van der Waals surface area contributed by atoms with Crippen molar-refractivity contribution < 1.29 is 0 Å². The summed E-state index contributed by atoms with van der Waals surface area (Å²) in [5.41, 5.74) is 0. The third-order valence-corrected chi connectivity index (χ3v) is 6.00. The van der Waals surface area contributed by atoms with Gasteiger partial charge >= 0.3 is 0 Å². The van der Waals surface area contributed by atoms with E-state index in [9.17, 15) is 0 Å². The maximum Gasteiger partial charge on any atom is 0.191 e. The third-order valence-electron chi connectivity index (χ3n) is 4.42. The molecule has 0 spiro atoms. The van der Waals surface area contributed by atoms with Crippen molar-refractivity contribution in [3.63, 3.8) is 0 Å². The first kappa shape index (κ1) is 22.1. The summed E-state index contributed by atoms with van der Waals surface area (Å²) in [5, 5.41) is 9.08. The van der Waals surface area contributed by atoms with Crippen molar-refractivity contribution >= 4 is 53.0 Å². The normalized spacial score (nSPS) is 18.0. The fourth-order valence-corrected chi connectivity index (χ4v) is 4.08. The predicted molar refractivity (Wildman–Crippen MR) is 120 cm³/mol. The van der Waals surface area contributed by atoms with E-state index in [-0.39, 0.29) is 24.0 Å². The van der Waals surface area contributed by atoms with Crippen LogP contribution in [0.2, 0.25) is 0 Å². The molecule has 2 rings (SSSR count).